The minimum atomic E-state index is 0.0651. The first-order valence-corrected chi connectivity index (χ1v) is 7.53. The maximum Gasteiger partial charge on any atom is 0.0834 e. The Morgan fingerprint density at radius 1 is 1.38 bits per heavy atom. The van der Waals surface area contributed by atoms with E-state index >= 15 is 0 Å². The van der Waals surface area contributed by atoms with Gasteiger partial charge in [-0.2, -0.15) is 5.10 Å². The van der Waals surface area contributed by atoms with Gasteiger partial charge in [0.05, 0.1) is 36.1 Å². The normalized spacial score (nSPS) is 12.6. The number of halogens is 2. The van der Waals surface area contributed by atoms with E-state index in [9.17, 15) is 0 Å². The summed E-state index contributed by atoms with van der Waals surface area (Å²) in [5.41, 5.74) is 2.12. The molecule has 2 rings (SSSR count). The Hall–Kier alpha value is -1.07. The Morgan fingerprint density at radius 3 is 2.86 bits per heavy atom. The number of likely N-dealkylation sites (N-methyl/N-ethyl adjacent to an activating group) is 1. The maximum absolute atomic E-state index is 6.30. The van der Waals surface area contributed by atoms with Gasteiger partial charge >= 0.3 is 0 Å². The molecule has 0 amide bonds. The van der Waals surface area contributed by atoms with Gasteiger partial charge in [-0.25, -0.2) is 0 Å². The SMILES string of the molecule is CNC(Cc1cccc(Cl)c1)c1c(Cl)cnn1CCOC. The molecule has 0 aliphatic heterocycles. The Balaban J connectivity index is 2.22. The number of nitrogens with one attached hydrogen (secondary N) is 1. The average Bonchev–Trinajstić information content (AvgIpc) is 2.83. The van der Waals surface area contributed by atoms with Crippen LogP contribution in [-0.2, 0) is 17.7 Å². The number of ether oxygens (including phenoxy) is 1. The van der Waals surface area contributed by atoms with Gasteiger partial charge < -0.3 is 10.1 Å². The summed E-state index contributed by atoms with van der Waals surface area (Å²) in [6, 6.07) is 7.91. The first-order chi connectivity index (χ1) is 10.2. The quantitative estimate of drug-likeness (QED) is 0.847. The fraction of sp³-hybridized carbons (Fsp3) is 0.400. The predicted octanol–water partition coefficient (Wildman–Crippen LogP) is 3.34. The van der Waals surface area contributed by atoms with E-state index in [1.54, 1.807) is 13.3 Å². The molecule has 2 aromatic rings. The van der Waals surface area contributed by atoms with Crippen LogP contribution in [0.4, 0.5) is 0 Å². The molecule has 0 fully saturated rings. The van der Waals surface area contributed by atoms with Crippen LogP contribution in [0.2, 0.25) is 10.0 Å². The Bertz CT molecular complexity index is 586. The van der Waals surface area contributed by atoms with E-state index in [-0.39, 0.29) is 6.04 Å². The van der Waals surface area contributed by atoms with Gasteiger partial charge in [-0.15, -0.1) is 0 Å². The van der Waals surface area contributed by atoms with Gasteiger partial charge in [0.25, 0.3) is 0 Å². The van der Waals surface area contributed by atoms with E-state index in [2.05, 4.69) is 16.5 Å². The van der Waals surface area contributed by atoms with Crippen molar-refractivity contribution in [3.63, 3.8) is 0 Å². The van der Waals surface area contributed by atoms with Crippen molar-refractivity contribution < 1.29 is 4.74 Å². The number of hydrogen-bond acceptors (Lipinski definition) is 3. The lowest BCUT2D eigenvalue weighted by atomic mass is 10.0. The second-order valence-electron chi connectivity index (χ2n) is 4.77. The van der Waals surface area contributed by atoms with Crippen molar-refractivity contribution in [3.05, 3.63) is 51.8 Å². The lowest BCUT2D eigenvalue weighted by molar-refractivity contribution is 0.181. The second-order valence-corrected chi connectivity index (χ2v) is 5.61. The van der Waals surface area contributed by atoms with Crippen LogP contribution >= 0.6 is 23.2 Å². The fourth-order valence-electron chi connectivity index (χ4n) is 2.31. The predicted molar refractivity (Wildman–Crippen MR) is 86.1 cm³/mol. The highest BCUT2D eigenvalue weighted by molar-refractivity contribution is 6.31. The van der Waals surface area contributed by atoms with Crippen LogP contribution in [0.15, 0.2) is 30.5 Å². The second kappa shape index (κ2) is 7.80. The molecule has 0 saturated heterocycles. The van der Waals surface area contributed by atoms with Gasteiger partial charge in [0.15, 0.2) is 0 Å². The molecule has 0 saturated carbocycles. The zero-order valence-electron chi connectivity index (χ0n) is 12.1. The third kappa shape index (κ3) is 4.20. The third-order valence-electron chi connectivity index (χ3n) is 3.35. The number of hydrogen-bond donors (Lipinski definition) is 1. The molecule has 1 heterocycles. The zero-order valence-corrected chi connectivity index (χ0v) is 13.7. The number of aromatic nitrogens is 2. The molecule has 0 aliphatic rings. The van der Waals surface area contributed by atoms with Crippen molar-refractivity contribution in [1.29, 1.82) is 0 Å². The van der Waals surface area contributed by atoms with Gasteiger partial charge in [-0.3, -0.25) is 4.68 Å². The molecule has 0 spiro atoms. The van der Waals surface area contributed by atoms with E-state index in [0.29, 0.717) is 18.2 Å². The fourth-order valence-corrected chi connectivity index (χ4v) is 2.80. The first-order valence-electron chi connectivity index (χ1n) is 6.77. The molecule has 0 aliphatic carbocycles. The molecular weight excluding hydrogens is 309 g/mol. The van der Waals surface area contributed by atoms with E-state index < -0.39 is 0 Å². The molecule has 1 aromatic carbocycles. The summed E-state index contributed by atoms with van der Waals surface area (Å²) in [7, 11) is 3.59. The van der Waals surface area contributed by atoms with Crippen LogP contribution in [0.3, 0.4) is 0 Å². The van der Waals surface area contributed by atoms with Crippen LogP contribution in [0.5, 0.6) is 0 Å². The highest BCUT2D eigenvalue weighted by Gasteiger charge is 2.19. The molecule has 1 atom stereocenters. The topological polar surface area (TPSA) is 39.1 Å². The molecule has 6 heteroatoms. The van der Waals surface area contributed by atoms with E-state index in [0.717, 1.165) is 22.7 Å². The Kier molecular flexibility index (Phi) is 6.06. The first kappa shape index (κ1) is 16.3. The van der Waals surface area contributed by atoms with Crippen LogP contribution in [0, 0.1) is 0 Å². The Labute approximate surface area is 135 Å². The standard InChI is InChI=1S/C15H19Cl2N3O/c1-18-14(9-11-4-3-5-12(16)8-11)15-13(17)10-19-20(15)6-7-21-2/h3-5,8,10,14,18H,6-7,9H2,1-2H3. The monoisotopic (exact) mass is 327 g/mol. The number of rotatable bonds is 7. The van der Waals surface area contributed by atoms with Crippen LogP contribution < -0.4 is 5.32 Å². The molecule has 0 radical (unpaired) electrons. The average molecular weight is 328 g/mol. The van der Waals surface area contributed by atoms with Crippen molar-refractivity contribution in [3.8, 4) is 0 Å². The molecule has 0 bridgehead atoms. The van der Waals surface area contributed by atoms with Crippen molar-refractivity contribution in [1.82, 2.24) is 15.1 Å². The van der Waals surface area contributed by atoms with Crippen molar-refractivity contribution in [2.24, 2.45) is 0 Å². The molecule has 1 N–H and O–H groups in total. The summed E-state index contributed by atoms with van der Waals surface area (Å²) in [6.45, 7) is 1.27. The van der Waals surface area contributed by atoms with Crippen molar-refractivity contribution in [2.45, 2.75) is 19.0 Å². The Morgan fingerprint density at radius 2 is 2.19 bits per heavy atom. The van der Waals surface area contributed by atoms with E-state index in [1.807, 2.05) is 29.9 Å². The molecule has 4 nitrogen and oxygen atoms in total. The maximum atomic E-state index is 6.30. The number of benzene rings is 1. The summed E-state index contributed by atoms with van der Waals surface area (Å²) in [5.74, 6) is 0. The molecule has 21 heavy (non-hydrogen) atoms. The van der Waals surface area contributed by atoms with Crippen molar-refractivity contribution >= 4 is 23.2 Å². The van der Waals surface area contributed by atoms with Gasteiger partial charge in [0, 0.05) is 12.1 Å². The third-order valence-corrected chi connectivity index (χ3v) is 3.87. The van der Waals surface area contributed by atoms with Crippen LogP contribution in [0.25, 0.3) is 0 Å². The number of nitrogens with zero attached hydrogens (tertiary/aromatic N) is 2. The highest BCUT2D eigenvalue weighted by atomic mass is 35.5. The van der Waals surface area contributed by atoms with E-state index in [4.69, 9.17) is 27.9 Å². The van der Waals surface area contributed by atoms with Crippen molar-refractivity contribution in [2.75, 3.05) is 20.8 Å². The summed E-state index contributed by atoms with van der Waals surface area (Å²) in [4.78, 5) is 0. The summed E-state index contributed by atoms with van der Waals surface area (Å²) in [6.07, 6.45) is 2.46. The lowest BCUT2D eigenvalue weighted by Crippen LogP contribution is -2.23. The molecular formula is C15H19Cl2N3O. The van der Waals surface area contributed by atoms with E-state index in [1.165, 1.54) is 0 Å². The van der Waals surface area contributed by atoms with Gasteiger partial charge in [-0.1, -0.05) is 35.3 Å². The minimum Gasteiger partial charge on any atom is -0.383 e. The molecule has 1 unspecified atom stereocenters. The number of methoxy groups -OCH3 is 1. The summed E-state index contributed by atoms with van der Waals surface area (Å²) < 4.78 is 7.00. The lowest BCUT2D eigenvalue weighted by Gasteiger charge is -2.19. The minimum absolute atomic E-state index is 0.0651. The largest absolute Gasteiger partial charge is 0.383 e. The summed E-state index contributed by atoms with van der Waals surface area (Å²) in [5, 5.41) is 9.02. The smallest absolute Gasteiger partial charge is 0.0834 e. The highest BCUT2D eigenvalue weighted by Crippen LogP contribution is 2.26. The van der Waals surface area contributed by atoms with Crippen LogP contribution in [0.1, 0.15) is 17.3 Å². The van der Waals surface area contributed by atoms with Gasteiger partial charge in [-0.05, 0) is 31.2 Å². The van der Waals surface area contributed by atoms with Gasteiger partial charge in [0.1, 0.15) is 0 Å². The van der Waals surface area contributed by atoms with Gasteiger partial charge in [0.2, 0.25) is 0 Å². The van der Waals surface area contributed by atoms with Crippen LogP contribution in [-0.4, -0.2) is 30.5 Å². The zero-order chi connectivity index (χ0) is 15.2. The summed E-state index contributed by atoms with van der Waals surface area (Å²) >= 11 is 12.4. The molecule has 114 valence electrons. The molecule has 1 aromatic heterocycles.